The van der Waals surface area contributed by atoms with Gasteiger partial charge in [0.15, 0.2) is 5.60 Å². The Hall–Kier alpha value is -1.10. The normalized spacial score (nSPS) is 48.8. The Bertz CT molecular complexity index is 823. The van der Waals surface area contributed by atoms with Crippen LogP contribution in [0.3, 0.4) is 0 Å². The lowest BCUT2D eigenvalue weighted by atomic mass is 9.49. The minimum atomic E-state index is -0.956. The number of carbonyl (C=O) groups is 2. The zero-order chi connectivity index (χ0) is 23.8. The zero-order valence-electron chi connectivity index (χ0n) is 21.6. The quantitative estimate of drug-likeness (QED) is 0.453. The van der Waals surface area contributed by atoms with Gasteiger partial charge in [-0.25, -0.2) is 4.79 Å². The number of rotatable bonds is 6. The molecule has 5 fully saturated rings. The fraction of sp³-hybridized carbons (Fsp3) is 0.929. The lowest BCUT2D eigenvalue weighted by molar-refractivity contribution is -0.257. The van der Waals surface area contributed by atoms with Crippen molar-refractivity contribution < 1.29 is 23.8 Å². The highest BCUT2D eigenvalue weighted by molar-refractivity contribution is 5.85. The van der Waals surface area contributed by atoms with E-state index >= 15 is 0 Å². The average molecular weight is 461 g/mol. The highest BCUT2D eigenvalue weighted by atomic mass is 16.8. The maximum Gasteiger partial charge on any atom is 0.341 e. The first-order valence-corrected chi connectivity index (χ1v) is 13.6. The van der Waals surface area contributed by atoms with Crippen LogP contribution in [0.5, 0.6) is 0 Å². The number of fused-ring (bicyclic) bond motifs is 2. The van der Waals surface area contributed by atoms with Crippen LogP contribution in [0.15, 0.2) is 0 Å². The van der Waals surface area contributed by atoms with Crippen LogP contribution in [0, 0.1) is 40.4 Å². The van der Waals surface area contributed by atoms with Gasteiger partial charge < -0.3 is 14.2 Å². The highest BCUT2D eigenvalue weighted by Gasteiger charge is 2.84. The van der Waals surface area contributed by atoms with Gasteiger partial charge in [-0.05, 0) is 61.7 Å². The Morgan fingerprint density at radius 3 is 2.52 bits per heavy atom. The van der Waals surface area contributed by atoms with E-state index < -0.39 is 11.4 Å². The fourth-order valence-corrected chi connectivity index (χ4v) is 9.36. The second kappa shape index (κ2) is 7.70. The summed E-state index contributed by atoms with van der Waals surface area (Å²) >= 11 is 0. The summed E-state index contributed by atoms with van der Waals surface area (Å²) in [5, 5.41) is 0. The summed E-state index contributed by atoms with van der Waals surface area (Å²) < 4.78 is 18.9. The third-order valence-electron chi connectivity index (χ3n) is 10.9. The van der Waals surface area contributed by atoms with E-state index in [9.17, 15) is 9.59 Å². The molecule has 3 aliphatic carbocycles. The van der Waals surface area contributed by atoms with Crippen LogP contribution in [-0.4, -0.2) is 29.4 Å². The Morgan fingerprint density at radius 2 is 1.82 bits per heavy atom. The molecule has 2 spiro atoms. The van der Waals surface area contributed by atoms with Crippen LogP contribution in [0.2, 0.25) is 0 Å². The van der Waals surface area contributed by atoms with Gasteiger partial charge in [-0.3, -0.25) is 4.79 Å². The molecule has 2 bridgehead atoms. The number of hydrogen-bond acceptors (Lipinski definition) is 5. The van der Waals surface area contributed by atoms with Crippen molar-refractivity contribution in [3.8, 4) is 0 Å². The molecule has 2 saturated heterocycles. The molecule has 5 nitrogen and oxygen atoms in total. The van der Waals surface area contributed by atoms with E-state index in [1.807, 2.05) is 0 Å². The summed E-state index contributed by atoms with van der Waals surface area (Å²) in [7, 11) is 0. The Kier molecular flexibility index (Phi) is 5.51. The van der Waals surface area contributed by atoms with Crippen LogP contribution >= 0.6 is 0 Å². The van der Waals surface area contributed by atoms with E-state index in [0.29, 0.717) is 18.3 Å². The molecule has 186 valence electrons. The van der Waals surface area contributed by atoms with Gasteiger partial charge in [0.1, 0.15) is 6.10 Å². The minimum Gasteiger partial charge on any atom is -0.462 e. The first-order valence-electron chi connectivity index (χ1n) is 13.6. The van der Waals surface area contributed by atoms with Crippen molar-refractivity contribution in [2.75, 3.05) is 0 Å². The molecule has 5 aliphatic rings. The summed E-state index contributed by atoms with van der Waals surface area (Å²) in [6, 6.07) is 0. The van der Waals surface area contributed by atoms with Crippen molar-refractivity contribution >= 4 is 11.9 Å². The first kappa shape index (κ1) is 23.6. The van der Waals surface area contributed by atoms with Gasteiger partial charge >= 0.3 is 11.9 Å². The maximum atomic E-state index is 13.5. The van der Waals surface area contributed by atoms with E-state index in [0.717, 1.165) is 31.6 Å². The number of carbonyl (C=O) groups excluding carboxylic acids is 2. The molecule has 0 aromatic heterocycles. The lowest BCUT2D eigenvalue weighted by Gasteiger charge is -2.56. The molecule has 9 atom stereocenters. The molecule has 0 unspecified atom stereocenters. The van der Waals surface area contributed by atoms with E-state index in [1.54, 1.807) is 0 Å². The topological polar surface area (TPSA) is 61.8 Å². The van der Waals surface area contributed by atoms with Gasteiger partial charge in [0.05, 0.1) is 0 Å². The average Bonchev–Trinajstić information content (AvgIpc) is 3.28. The monoisotopic (exact) mass is 460 g/mol. The molecule has 2 heterocycles. The Labute approximate surface area is 199 Å². The smallest absolute Gasteiger partial charge is 0.341 e. The van der Waals surface area contributed by atoms with Gasteiger partial charge in [-0.15, -0.1) is 0 Å². The van der Waals surface area contributed by atoms with Gasteiger partial charge in [0.2, 0.25) is 5.79 Å². The van der Waals surface area contributed by atoms with Gasteiger partial charge in [-0.1, -0.05) is 53.9 Å². The van der Waals surface area contributed by atoms with Crippen LogP contribution in [0.1, 0.15) is 106 Å². The number of hydrogen-bond donors (Lipinski definition) is 0. The predicted molar refractivity (Wildman–Crippen MR) is 125 cm³/mol. The predicted octanol–water partition coefficient (Wildman–Crippen LogP) is 6.04. The summed E-state index contributed by atoms with van der Waals surface area (Å²) in [5.41, 5.74) is -1.04. The lowest BCUT2D eigenvalue weighted by Crippen LogP contribution is -2.63. The van der Waals surface area contributed by atoms with E-state index in [1.165, 1.54) is 39.0 Å². The van der Waals surface area contributed by atoms with Crippen molar-refractivity contribution in [3.05, 3.63) is 0 Å². The molecule has 0 N–H and O–H groups in total. The first-order chi connectivity index (χ1) is 15.5. The molecule has 5 heteroatoms. The van der Waals surface area contributed by atoms with Crippen LogP contribution in [-0.2, 0) is 23.8 Å². The van der Waals surface area contributed by atoms with E-state index in [-0.39, 0.29) is 40.7 Å². The van der Waals surface area contributed by atoms with Crippen LogP contribution in [0.25, 0.3) is 0 Å². The maximum absolute atomic E-state index is 13.5. The second-order valence-electron chi connectivity index (χ2n) is 13.1. The Balaban J connectivity index is 1.42. The molecule has 5 rings (SSSR count). The summed E-state index contributed by atoms with van der Waals surface area (Å²) in [6.45, 7) is 13.2. The molecule has 0 amide bonds. The summed E-state index contributed by atoms with van der Waals surface area (Å²) in [6.07, 6.45) is 10.3. The third kappa shape index (κ3) is 3.12. The van der Waals surface area contributed by atoms with E-state index in [2.05, 4.69) is 34.6 Å². The zero-order valence-corrected chi connectivity index (χ0v) is 21.6. The van der Waals surface area contributed by atoms with E-state index in [4.69, 9.17) is 14.2 Å². The third-order valence-corrected chi connectivity index (χ3v) is 10.9. The van der Waals surface area contributed by atoms with Gasteiger partial charge in [-0.2, -0.15) is 0 Å². The van der Waals surface area contributed by atoms with Crippen molar-refractivity contribution in [2.24, 2.45) is 40.4 Å². The summed E-state index contributed by atoms with van der Waals surface area (Å²) in [5.74, 6) is 1.35. The molecular weight excluding hydrogens is 416 g/mol. The molecule has 33 heavy (non-hydrogen) atoms. The molecule has 0 aromatic carbocycles. The van der Waals surface area contributed by atoms with Crippen molar-refractivity contribution in [2.45, 2.75) is 123 Å². The molecule has 0 radical (unpaired) electrons. The standard InChI is InChI=1S/C28H44O5/c1-17(2)8-7-9-18(3)21-10-11-22-25(21,5)14-13-23-26(6)15-12-20(31-19(4)29)16-27(26)24(30)32-28(22,23)33-27/h17-18,20-23H,7-16H2,1-6H3/t18-,20+,21-,22-,23-,25-,26-,27+,28+/m1/s1. The molecule has 0 aromatic rings. The minimum absolute atomic E-state index is 0.151. The van der Waals surface area contributed by atoms with Gasteiger partial charge in [0.25, 0.3) is 0 Å². The SMILES string of the molecule is CC(=O)O[C@H]1CC[C@]2(C)[C@H]3CC[C@]4(C)[C@@H]([C@H](C)CCCC(C)C)CC[C@H]4[C@@]34OC(=O)[C@]2(C1)O4. The van der Waals surface area contributed by atoms with Crippen molar-refractivity contribution in [1.29, 1.82) is 0 Å². The largest absolute Gasteiger partial charge is 0.462 e. The van der Waals surface area contributed by atoms with Crippen LogP contribution < -0.4 is 0 Å². The molecular formula is C28H44O5. The van der Waals surface area contributed by atoms with Crippen molar-refractivity contribution in [1.82, 2.24) is 0 Å². The summed E-state index contributed by atoms with van der Waals surface area (Å²) in [4.78, 5) is 25.1. The second-order valence-corrected chi connectivity index (χ2v) is 13.1. The van der Waals surface area contributed by atoms with Crippen molar-refractivity contribution in [3.63, 3.8) is 0 Å². The number of ether oxygens (including phenoxy) is 3. The Morgan fingerprint density at radius 1 is 1.06 bits per heavy atom. The number of esters is 2. The van der Waals surface area contributed by atoms with Crippen LogP contribution in [0.4, 0.5) is 0 Å². The molecule has 3 saturated carbocycles. The highest BCUT2D eigenvalue weighted by Crippen LogP contribution is 2.76. The van der Waals surface area contributed by atoms with Gasteiger partial charge in [0, 0.05) is 30.6 Å². The molecule has 2 aliphatic heterocycles. The fourth-order valence-electron chi connectivity index (χ4n) is 9.36.